The van der Waals surface area contributed by atoms with Gasteiger partial charge in [-0.25, -0.2) is 31.9 Å². The maximum Gasteiger partial charge on any atom is 0.200 e. The fraction of sp³-hybridized carbons (Fsp3) is 0. The number of nitrogens with zero attached hydrogens (tertiary/aromatic N) is 3. The summed E-state index contributed by atoms with van der Waals surface area (Å²) in [4.78, 5) is 8.64. The van der Waals surface area contributed by atoms with Crippen LogP contribution in [0.25, 0.3) is 22.3 Å². The van der Waals surface area contributed by atoms with E-state index in [1.165, 1.54) is 6.07 Å². The summed E-state index contributed by atoms with van der Waals surface area (Å²) in [5.74, 6) is -10.3. The summed E-state index contributed by atoms with van der Waals surface area (Å²) in [5, 5.41) is 14.1. The Balaban J connectivity index is 1.77. The number of benzene rings is 3. The Morgan fingerprint density at radius 1 is 0.774 bits per heavy atom. The van der Waals surface area contributed by atoms with E-state index >= 15 is 0 Å². The number of para-hydroxylation sites is 2. The van der Waals surface area contributed by atoms with Crippen LogP contribution in [-0.4, -0.2) is 21.3 Å². The van der Waals surface area contributed by atoms with E-state index in [-0.39, 0.29) is 17.4 Å². The Bertz CT molecular complexity index is 1310. The molecule has 1 heterocycles. The predicted octanol–water partition coefficient (Wildman–Crippen LogP) is 5.14. The Morgan fingerprint density at radius 3 is 2.10 bits per heavy atom. The van der Waals surface area contributed by atoms with E-state index in [4.69, 9.17) is 0 Å². The van der Waals surface area contributed by atoms with E-state index in [0.29, 0.717) is 22.7 Å². The number of hydrazone groups is 1. The predicted molar refractivity (Wildman–Crippen MR) is 104 cm³/mol. The van der Waals surface area contributed by atoms with Gasteiger partial charge in [0.15, 0.2) is 34.9 Å². The number of fused-ring (bicyclic) bond motifs is 1. The summed E-state index contributed by atoms with van der Waals surface area (Å²) in [7, 11) is 0. The van der Waals surface area contributed by atoms with Crippen LogP contribution in [0.2, 0.25) is 0 Å². The van der Waals surface area contributed by atoms with E-state index in [2.05, 4.69) is 20.5 Å². The second kappa shape index (κ2) is 7.98. The van der Waals surface area contributed by atoms with Crippen molar-refractivity contribution in [2.75, 3.05) is 5.43 Å². The number of anilines is 1. The molecule has 5 nitrogen and oxygen atoms in total. The van der Waals surface area contributed by atoms with Crippen LogP contribution in [-0.2, 0) is 0 Å². The maximum absolute atomic E-state index is 13.8. The number of rotatable bonds is 4. The third kappa shape index (κ3) is 3.63. The second-order valence-corrected chi connectivity index (χ2v) is 6.28. The number of aromatic hydroxyl groups is 1. The van der Waals surface area contributed by atoms with Crippen molar-refractivity contribution in [3.63, 3.8) is 0 Å². The highest BCUT2D eigenvalue weighted by Gasteiger charge is 2.24. The lowest BCUT2D eigenvalue weighted by atomic mass is 10.1. The zero-order valence-electron chi connectivity index (χ0n) is 15.4. The Kier molecular flexibility index (Phi) is 5.20. The molecule has 2 N–H and O–H groups in total. The highest BCUT2D eigenvalue weighted by Crippen LogP contribution is 2.30. The molecule has 0 saturated heterocycles. The molecule has 156 valence electrons. The highest BCUT2D eigenvalue weighted by molar-refractivity contribution is 5.91. The second-order valence-electron chi connectivity index (χ2n) is 6.28. The van der Waals surface area contributed by atoms with Crippen LogP contribution >= 0.6 is 0 Å². The summed E-state index contributed by atoms with van der Waals surface area (Å²) in [6.45, 7) is 0. The molecule has 0 saturated carbocycles. The van der Waals surface area contributed by atoms with Crippen molar-refractivity contribution in [3.05, 3.63) is 83.2 Å². The lowest BCUT2D eigenvalue weighted by Crippen LogP contribution is -2.07. The normalized spacial score (nSPS) is 11.4. The fourth-order valence-electron chi connectivity index (χ4n) is 2.84. The fourth-order valence-corrected chi connectivity index (χ4v) is 2.84. The average Bonchev–Trinajstić information content (AvgIpc) is 2.78. The van der Waals surface area contributed by atoms with E-state index in [1.54, 1.807) is 42.5 Å². The smallest absolute Gasteiger partial charge is 0.200 e. The van der Waals surface area contributed by atoms with Gasteiger partial charge in [0.2, 0.25) is 5.82 Å². The molecule has 0 radical (unpaired) electrons. The molecular weight excluding hydrogens is 419 g/mol. The van der Waals surface area contributed by atoms with E-state index < -0.39 is 34.6 Å². The standard InChI is InChI=1S/C21H11F5N4O/c22-15-12(16(23)18(25)19(26)17(15)24)9-27-30-21-10-5-1-3-7-13(10)28-20(29-21)11-6-2-4-8-14(11)31/h1-9,31H,(H,28,29,30)/b27-9-. The summed E-state index contributed by atoms with van der Waals surface area (Å²) >= 11 is 0. The molecule has 0 atom stereocenters. The largest absolute Gasteiger partial charge is 0.507 e. The van der Waals surface area contributed by atoms with Gasteiger partial charge in [-0.15, -0.1) is 0 Å². The number of nitrogens with one attached hydrogen (secondary N) is 1. The van der Waals surface area contributed by atoms with Gasteiger partial charge in [-0.1, -0.05) is 24.3 Å². The maximum atomic E-state index is 13.8. The minimum atomic E-state index is -2.26. The first kappa shape index (κ1) is 20.2. The van der Waals surface area contributed by atoms with Crippen molar-refractivity contribution in [2.24, 2.45) is 5.10 Å². The molecule has 0 unspecified atom stereocenters. The van der Waals surface area contributed by atoms with Gasteiger partial charge >= 0.3 is 0 Å². The van der Waals surface area contributed by atoms with E-state index in [0.717, 1.165) is 0 Å². The lowest BCUT2D eigenvalue weighted by molar-refractivity contribution is 0.377. The van der Waals surface area contributed by atoms with Gasteiger partial charge in [-0.05, 0) is 24.3 Å². The lowest BCUT2D eigenvalue weighted by Gasteiger charge is -2.09. The van der Waals surface area contributed by atoms with Crippen LogP contribution in [0.4, 0.5) is 27.8 Å². The van der Waals surface area contributed by atoms with Gasteiger partial charge in [0.05, 0.1) is 22.9 Å². The molecule has 0 fully saturated rings. The zero-order valence-corrected chi connectivity index (χ0v) is 15.4. The molecule has 0 aliphatic heterocycles. The molecule has 0 bridgehead atoms. The Labute approximate surface area is 171 Å². The average molecular weight is 430 g/mol. The minimum Gasteiger partial charge on any atom is -0.507 e. The van der Waals surface area contributed by atoms with Crippen molar-refractivity contribution in [1.29, 1.82) is 0 Å². The summed E-state index contributed by atoms with van der Waals surface area (Å²) < 4.78 is 67.5. The molecule has 31 heavy (non-hydrogen) atoms. The zero-order chi connectivity index (χ0) is 22.1. The number of phenolic OH excluding ortho intramolecular Hbond substituents is 1. The quantitative estimate of drug-likeness (QED) is 0.155. The molecule has 0 amide bonds. The van der Waals surface area contributed by atoms with Crippen LogP contribution in [0.5, 0.6) is 5.75 Å². The van der Waals surface area contributed by atoms with Crippen LogP contribution in [0, 0.1) is 29.1 Å². The molecular formula is C21H11F5N4O. The first-order valence-corrected chi connectivity index (χ1v) is 8.74. The van der Waals surface area contributed by atoms with Gasteiger partial charge in [0.25, 0.3) is 0 Å². The van der Waals surface area contributed by atoms with Gasteiger partial charge in [-0.2, -0.15) is 5.10 Å². The number of halogens is 5. The first-order chi connectivity index (χ1) is 14.9. The summed E-state index contributed by atoms with van der Waals surface area (Å²) in [6, 6.07) is 13.0. The van der Waals surface area contributed by atoms with Gasteiger partial charge < -0.3 is 5.11 Å². The summed E-state index contributed by atoms with van der Waals surface area (Å²) in [6.07, 6.45) is 0.465. The molecule has 10 heteroatoms. The molecule has 0 aliphatic carbocycles. The van der Waals surface area contributed by atoms with Crippen molar-refractivity contribution in [1.82, 2.24) is 9.97 Å². The van der Waals surface area contributed by atoms with Crippen molar-refractivity contribution in [2.45, 2.75) is 0 Å². The van der Waals surface area contributed by atoms with E-state index in [1.807, 2.05) is 0 Å². The van der Waals surface area contributed by atoms with Crippen molar-refractivity contribution < 1.29 is 27.1 Å². The Morgan fingerprint density at radius 2 is 1.39 bits per heavy atom. The van der Waals surface area contributed by atoms with Crippen molar-refractivity contribution >= 4 is 22.9 Å². The SMILES string of the molecule is Oc1ccccc1-c1nc(N/N=C\c2c(F)c(F)c(F)c(F)c2F)c2ccccc2n1. The first-order valence-electron chi connectivity index (χ1n) is 8.74. The monoisotopic (exact) mass is 430 g/mol. The molecule has 1 aromatic heterocycles. The number of phenols is 1. The van der Waals surface area contributed by atoms with Gasteiger partial charge in [-0.3, -0.25) is 5.43 Å². The van der Waals surface area contributed by atoms with Crippen LogP contribution < -0.4 is 5.43 Å². The third-order valence-corrected chi connectivity index (χ3v) is 4.36. The molecule has 0 aliphatic rings. The van der Waals surface area contributed by atoms with Crippen LogP contribution in [0.15, 0.2) is 53.6 Å². The third-order valence-electron chi connectivity index (χ3n) is 4.36. The molecule has 4 aromatic rings. The minimum absolute atomic E-state index is 0.0753. The van der Waals surface area contributed by atoms with Crippen LogP contribution in [0.1, 0.15) is 5.56 Å². The number of aromatic nitrogens is 2. The van der Waals surface area contributed by atoms with E-state index in [9.17, 15) is 27.1 Å². The molecule has 4 rings (SSSR count). The van der Waals surface area contributed by atoms with Crippen LogP contribution in [0.3, 0.4) is 0 Å². The Hall–Kier alpha value is -4.08. The number of hydrogen-bond acceptors (Lipinski definition) is 5. The van der Waals surface area contributed by atoms with Gasteiger partial charge in [0, 0.05) is 5.39 Å². The molecule has 3 aromatic carbocycles. The summed E-state index contributed by atoms with van der Waals surface area (Å²) in [5.41, 5.74) is 2.02. The number of hydrogen-bond donors (Lipinski definition) is 2. The van der Waals surface area contributed by atoms with Gasteiger partial charge in [0.1, 0.15) is 5.75 Å². The highest BCUT2D eigenvalue weighted by atomic mass is 19.2. The van der Waals surface area contributed by atoms with Crippen molar-refractivity contribution in [3.8, 4) is 17.1 Å². The molecule has 0 spiro atoms. The topological polar surface area (TPSA) is 70.4 Å².